The normalized spacial score (nSPS) is 10.7. The molecule has 0 saturated heterocycles. The molecule has 0 bridgehead atoms. The molecule has 3 N–H and O–H groups in total. The predicted octanol–water partition coefficient (Wildman–Crippen LogP) is 3.15. The summed E-state index contributed by atoms with van der Waals surface area (Å²) in [6, 6.07) is 12.5. The highest BCUT2D eigenvalue weighted by Crippen LogP contribution is 2.28. The van der Waals surface area contributed by atoms with Crippen LogP contribution in [0.15, 0.2) is 48.8 Å². The van der Waals surface area contributed by atoms with Gasteiger partial charge in [0.1, 0.15) is 0 Å². The second kappa shape index (κ2) is 5.79. The maximum Gasteiger partial charge on any atom is 0.153 e. The lowest BCUT2D eigenvalue weighted by Crippen LogP contribution is -1.95. The number of nitrogens with two attached hydrogens (primary N) is 1. The Morgan fingerprint density at radius 1 is 1.10 bits per heavy atom. The Morgan fingerprint density at radius 2 is 1.90 bits per heavy atom. The zero-order chi connectivity index (χ0) is 14.7. The fourth-order valence-electron chi connectivity index (χ4n) is 2.55. The van der Waals surface area contributed by atoms with Gasteiger partial charge in [-0.1, -0.05) is 29.8 Å². The molecule has 0 aliphatic heterocycles. The quantitative estimate of drug-likeness (QED) is 0.770. The van der Waals surface area contributed by atoms with Crippen molar-refractivity contribution < 1.29 is 0 Å². The molecule has 106 valence electrons. The molecule has 4 nitrogen and oxygen atoms in total. The van der Waals surface area contributed by atoms with Crippen LogP contribution in [0.1, 0.15) is 16.8 Å². The first-order valence-corrected chi connectivity index (χ1v) is 7.02. The van der Waals surface area contributed by atoms with E-state index in [1.54, 1.807) is 12.4 Å². The highest BCUT2D eigenvalue weighted by atomic mass is 15.2. The van der Waals surface area contributed by atoms with Crippen LogP contribution in [-0.2, 0) is 12.8 Å². The topological polar surface area (TPSA) is 67.6 Å². The minimum atomic E-state index is 0.542. The van der Waals surface area contributed by atoms with E-state index in [1.165, 1.54) is 11.1 Å². The molecular formula is C17H18N4. The van der Waals surface area contributed by atoms with Gasteiger partial charge in [0, 0.05) is 23.7 Å². The number of aryl methyl sites for hydroxylation is 3. The SMILES string of the molecule is Cc1cccc(CCc2[nH]nc(N)c2-c2ccncc2)c1. The Hall–Kier alpha value is -2.62. The van der Waals surface area contributed by atoms with Crippen LogP contribution in [-0.4, -0.2) is 15.2 Å². The van der Waals surface area contributed by atoms with E-state index in [1.807, 2.05) is 12.1 Å². The summed E-state index contributed by atoms with van der Waals surface area (Å²) < 4.78 is 0. The van der Waals surface area contributed by atoms with Crippen LogP contribution >= 0.6 is 0 Å². The highest BCUT2D eigenvalue weighted by molar-refractivity contribution is 5.75. The number of nitrogens with one attached hydrogen (secondary N) is 1. The molecule has 0 fully saturated rings. The van der Waals surface area contributed by atoms with Crippen molar-refractivity contribution in [3.63, 3.8) is 0 Å². The molecule has 0 atom stereocenters. The van der Waals surface area contributed by atoms with Crippen molar-refractivity contribution in [2.24, 2.45) is 0 Å². The van der Waals surface area contributed by atoms with Crippen molar-refractivity contribution in [1.29, 1.82) is 0 Å². The molecule has 0 aliphatic carbocycles. The molecule has 2 heterocycles. The van der Waals surface area contributed by atoms with Crippen molar-refractivity contribution in [1.82, 2.24) is 15.2 Å². The van der Waals surface area contributed by atoms with Gasteiger partial charge in [-0.3, -0.25) is 10.1 Å². The Labute approximate surface area is 124 Å². The number of nitrogens with zero attached hydrogens (tertiary/aromatic N) is 2. The van der Waals surface area contributed by atoms with Crippen LogP contribution in [0.4, 0.5) is 5.82 Å². The Balaban J connectivity index is 1.84. The van der Waals surface area contributed by atoms with Gasteiger partial charge in [0.05, 0.1) is 0 Å². The van der Waals surface area contributed by atoms with E-state index in [4.69, 9.17) is 5.73 Å². The Bertz CT molecular complexity index is 732. The first-order chi connectivity index (χ1) is 10.2. The molecule has 0 amide bonds. The third kappa shape index (κ3) is 2.94. The summed E-state index contributed by atoms with van der Waals surface area (Å²) in [5, 5.41) is 7.22. The van der Waals surface area contributed by atoms with E-state index >= 15 is 0 Å². The summed E-state index contributed by atoms with van der Waals surface area (Å²) >= 11 is 0. The summed E-state index contributed by atoms with van der Waals surface area (Å²) in [4.78, 5) is 4.05. The third-order valence-corrected chi connectivity index (χ3v) is 3.58. The number of aromatic nitrogens is 3. The van der Waals surface area contributed by atoms with Gasteiger partial charge in [0.25, 0.3) is 0 Å². The molecule has 3 aromatic rings. The fraction of sp³-hybridized carbons (Fsp3) is 0.176. The van der Waals surface area contributed by atoms with Gasteiger partial charge in [-0.15, -0.1) is 0 Å². The highest BCUT2D eigenvalue weighted by Gasteiger charge is 2.12. The molecule has 4 heteroatoms. The molecule has 2 aromatic heterocycles. The minimum Gasteiger partial charge on any atom is -0.382 e. The number of rotatable bonds is 4. The molecule has 0 radical (unpaired) electrons. The Kier molecular flexibility index (Phi) is 3.69. The van der Waals surface area contributed by atoms with Crippen LogP contribution in [0.3, 0.4) is 0 Å². The van der Waals surface area contributed by atoms with Crippen LogP contribution in [0.2, 0.25) is 0 Å². The third-order valence-electron chi connectivity index (χ3n) is 3.58. The van der Waals surface area contributed by atoms with Crippen LogP contribution in [0.25, 0.3) is 11.1 Å². The van der Waals surface area contributed by atoms with Crippen molar-refractivity contribution >= 4 is 5.82 Å². The molecule has 21 heavy (non-hydrogen) atoms. The zero-order valence-electron chi connectivity index (χ0n) is 12.0. The zero-order valence-corrected chi connectivity index (χ0v) is 12.0. The summed E-state index contributed by atoms with van der Waals surface area (Å²) in [5.74, 6) is 0.542. The average molecular weight is 278 g/mol. The standard InChI is InChI=1S/C17H18N4/c1-12-3-2-4-13(11-12)5-6-15-16(17(18)21-20-15)14-7-9-19-10-8-14/h2-4,7-11H,5-6H2,1H3,(H3,18,20,21). The maximum absolute atomic E-state index is 6.00. The first kappa shape index (κ1) is 13.4. The smallest absolute Gasteiger partial charge is 0.153 e. The second-order valence-electron chi connectivity index (χ2n) is 5.19. The molecule has 3 rings (SSSR count). The number of H-pyrrole nitrogens is 1. The van der Waals surface area contributed by atoms with Gasteiger partial charge in [-0.05, 0) is 43.0 Å². The Morgan fingerprint density at radius 3 is 2.67 bits per heavy atom. The lowest BCUT2D eigenvalue weighted by Gasteiger charge is -2.05. The molecule has 1 aromatic carbocycles. The number of pyridine rings is 1. The molecule has 0 spiro atoms. The predicted molar refractivity (Wildman–Crippen MR) is 84.8 cm³/mol. The van der Waals surface area contributed by atoms with Gasteiger partial charge in [0.15, 0.2) is 5.82 Å². The monoisotopic (exact) mass is 278 g/mol. The van der Waals surface area contributed by atoms with Crippen LogP contribution < -0.4 is 5.73 Å². The number of benzene rings is 1. The lowest BCUT2D eigenvalue weighted by molar-refractivity contribution is 0.894. The summed E-state index contributed by atoms with van der Waals surface area (Å²) in [7, 11) is 0. The van der Waals surface area contributed by atoms with Crippen molar-refractivity contribution in [3.05, 3.63) is 65.6 Å². The van der Waals surface area contributed by atoms with Gasteiger partial charge in [0.2, 0.25) is 0 Å². The minimum absolute atomic E-state index is 0.542. The molecule has 0 unspecified atom stereocenters. The van der Waals surface area contributed by atoms with Crippen molar-refractivity contribution in [3.8, 4) is 11.1 Å². The summed E-state index contributed by atoms with van der Waals surface area (Å²) in [5.41, 5.74) is 11.7. The van der Waals surface area contributed by atoms with E-state index in [9.17, 15) is 0 Å². The maximum atomic E-state index is 6.00. The second-order valence-corrected chi connectivity index (χ2v) is 5.19. The first-order valence-electron chi connectivity index (χ1n) is 7.02. The van der Waals surface area contributed by atoms with Gasteiger partial charge < -0.3 is 5.73 Å². The molecule has 0 aliphatic rings. The van der Waals surface area contributed by atoms with E-state index in [-0.39, 0.29) is 0 Å². The molecule has 0 saturated carbocycles. The fourth-order valence-corrected chi connectivity index (χ4v) is 2.55. The number of hydrogen-bond acceptors (Lipinski definition) is 3. The lowest BCUT2D eigenvalue weighted by atomic mass is 10.0. The largest absolute Gasteiger partial charge is 0.382 e. The van der Waals surface area contributed by atoms with Crippen LogP contribution in [0.5, 0.6) is 0 Å². The van der Waals surface area contributed by atoms with Crippen molar-refractivity contribution in [2.75, 3.05) is 5.73 Å². The van der Waals surface area contributed by atoms with Gasteiger partial charge >= 0.3 is 0 Å². The number of hydrogen-bond donors (Lipinski definition) is 2. The summed E-state index contributed by atoms with van der Waals surface area (Å²) in [6.45, 7) is 2.11. The number of nitrogen functional groups attached to an aromatic ring is 1. The number of anilines is 1. The van der Waals surface area contributed by atoms with Crippen LogP contribution in [0, 0.1) is 6.92 Å². The van der Waals surface area contributed by atoms with E-state index in [0.717, 1.165) is 29.7 Å². The molecular weight excluding hydrogens is 260 g/mol. The van der Waals surface area contributed by atoms with E-state index in [2.05, 4.69) is 46.4 Å². The summed E-state index contributed by atoms with van der Waals surface area (Å²) in [6.07, 6.45) is 5.38. The number of aromatic amines is 1. The van der Waals surface area contributed by atoms with E-state index in [0.29, 0.717) is 5.82 Å². The van der Waals surface area contributed by atoms with E-state index < -0.39 is 0 Å². The van der Waals surface area contributed by atoms with Crippen molar-refractivity contribution in [2.45, 2.75) is 19.8 Å². The van der Waals surface area contributed by atoms with Gasteiger partial charge in [-0.25, -0.2) is 0 Å². The average Bonchev–Trinajstić information content (AvgIpc) is 2.87. The van der Waals surface area contributed by atoms with Gasteiger partial charge in [-0.2, -0.15) is 5.10 Å².